The topological polar surface area (TPSA) is 46.3 Å². The summed E-state index contributed by atoms with van der Waals surface area (Å²) in [5.74, 6) is 0. The lowest BCUT2D eigenvalue weighted by molar-refractivity contribution is 0.459. The molecule has 0 aromatic carbocycles. The fourth-order valence-corrected chi connectivity index (χ4v) is 1.47. The zero-order valence-corrected chi connectivity index (χ0v) is 6.83. The summed E-state index contributed by atoms with van der Waals surface area (Å²) in [7, 11) is 0.576. The number of carbonyl (C=O) groups excluding carboxylic acids is 1. The maximum Gasteiger partial charge on any atom is 0.281 e. The quantitative estimate of drug-likeness (QED) is 0.424. The monoisotopic (exact) mass is 154 g/mol. The van der Waals surface area contributed by atoms with Crippen LogP contribution < -0.4 is 5.73 Å². The molecule has 0 amide bonds. The molecule has 0 bridgehead atoms. The first kappa shape index (κ1) is 8.75. The SMILES string of the molecule is NC1CCCN(BC=O)CC1. The number of carbonyl (C=O) groups is 1. The predicted octanol–water partition coefficient (Wildman–Crippen LogP) is -0.659. The molecule has 1 fully saturated rings. The van der Waals surface area contributed by atoms with Crippen molar-refractivity contribution in [2.75, 3.05) is 13.1 Å². The van der Waals surface area contributed by atoms with Crippen LogP contribution in [-0.4, -0.2) is 37.5 Å². The first-order chi connectivity index (χ1) is 5.33. The first-order valence-electron chi connectivity index (χ1n) is 4.24. The van der Waals surface area contributed by atoms with Crippen LogP contribution in [0.4, 0.5) is 0 Å². The Bertz CT molecular complexity index is 132. The molecule has 1 atom stereocenters. The molecule has 0 aromatic heterocycles. The van der Waals surface area contributed by atoms with Gasteiger partial charge in [0.15, 0.2) is 0 Å². The van der Waals surface area contributed by atoms with Crippen LogP contribution in [0.25, 0.3) is 0 Å². The van der Waals surface area contributed by atoms with E-state index in [1.54, 1.807) is 0 Å². The van der Waals surface area contributed by atoms with E-state index >= 15 is 0 Å². The molecule has 2 N–H and O–H groups in total. The summed E-state index contributed by atoms with van der Waals surface area (Å²) in [4.78, 5) is 12.4. The predicted molar refractivity (Wildman–Crippen MR) is 47.3 cm³/mol. The Morgan fingerprint density at radius 2 is 2.27 bits per heavy atom. The van der Waals surface area contributed by atoms with Gasteiger partial charge in [-0.25, -0.2) is 0 Å². The highest BCUT2D eigenvalue weighted by atomic mass is 16.1. The second-order valence-electron chi connectivity index (χ2n) is 3.16. The molecule has 0 saturated carbocycles. The average Bonchev–Trinajstić information content (AvgIpc) is 2.17. The molecular weight excluding hydrogens is 139 g/mol. The summed E-state index contributed by atoms with van der Waals surface area (Å²) in [5.41, 5.74) is 5.78. The summed E-state index contributed by atoms with van der Waals surface area (Å²) >= 11 is 0. The molecule has 0 aromatic rings. The van der Waals surface area contributed by atoms with Crippen LogP contribution in [-0.2, 0) is 4.79 Å². The van der Waals surface area contributed by atoms with E-state index in [0.29, 0.717) is 13.5 Å². The lowest BCUT2D eigenvalue weighted by Gasteiger charge is -2.14. The maximum absolute atomic E-state index is 10.2. The van der Waals surface area contributed by atoms with Crippen molar-refractivity contribution in [1.29, 1.82) is 0 Å². The standard InChI is InChI=1S/C7H15BN2O/c9-7-2-1-4-10(5-3-7)8-6-11/h6-8H,1-5,9H2. The Hall–Kier alpha value is -0.345. The Morgan fingerprint density at radius 1 is 1.45 bits per heavy atom. The third-order valence-electron chi connectivity index (χ3n) is 2.20. The Balaban J connectivity index is 2.27. The van der Waals surface area contributed by atoms with Crippen LogP contribution in [0.15, 0.2) is 0 Å². The lowest BCUT2D eigenvalue weighted by Crippen LogP contribution is -2.30. The highest BCUT2D eigenvalue weighted by Crippen LogP contribution is 2.07. The normalized spacial score (nSPS) is 27.5. The highest BCUT2D eigenvalue weighted by molar-refractivity contribution is 6.64. The Labute approximate surface area is 68.2 Å². The van der Waals surface area contributed by atoms with E-state index in [-0.39, 0.29) is 0 Å². The molecule has 1 aliphatic rings. The molecule has 1 heterocycles. The van der Waals surface area contributed by atoms with Gasteiger partial charge in [-0.05, 0) is 32.4 Å². The largest absolute Gasteiger partial charge is 0.339 e. The van der Waals surface area contributed by atoms with E-state index in [1.807, 2.05) is 0 Å². The lowest BCUT2D eigenvalue weighted by atomic mass is 9.94. The van der Waals surface area contributed by atoms with Crippen molar-refractivity contribution in [3.8, 4) is 0 Å². The summed E-state index contributed by atoms with van der Waals surface area (Å²) < 4.78 is 0. The number of nitrogens with two attached hydrogens (primary N) is 1. The minimum Gasteiger partial charge on any atom is -0.339 e. The molecule has 62 valence electrons. The highest BCUT2D eigenvalue weighted by Gasteiger charge is 2.13. The van der Waals surface area contributed by atoms with Crippen LogP contribution in [0.1, 0.15) is 19.3 Å². The first-order valence-corrected chi connectivity index (χ1v) is 4.24. The van der Waals surface area contributed by atoms with Crippen LogP contribution in [0, 0.1) is 0 Å². The van der Waals surface area contributed by atoms with Crippen molar-refractivity contribution in [3.63, 3.8) is 0 Å². The van der Waals surface area contributed by atoms with Gasteiger partial charge in [-0.15, -0.1) is 0 Å². The summed E-state index contributed by atoms with van der Waals surface area (Å²) in [5, 5.41) is 0. The van der Waals surface area contributed by atoms with Gasteiger partial charge in [0.05, 0.1) is 6.19 Å². The van der Waals surface area contributed by atoms with Gasteiger partial charge >= 0.3 is 0 Å². The van der Waals surface area contributed by atoms with Crippen molar-refractivity contribution < 1.29 is 4.79 Å². The van der Waals surface area contributed by atoms with Crippen LogP contribution in [0.2, 0.25) is 0 Å². The molecule has 4 heteroatoms. The second kappa shape index (κ2) is 4.52. The fraction of sp³-hybridized carbons (Fsp3) is 0.857. The van der Waals surface area contributed by atoms with E-state index < -0.39 is 0 Å². The minimum absolute atomic E-state index is 0.353. The maximum atomic E-state index is 10.2. The van der Waals surface area contributed by atoms with E-state index in [4.69, 9.17) is 5.73 Å². The molecule has 1 rings (SSSR count). The van der Waals surface area contributed by atoms with Crippen LogP contribution >= 0.6 is 0 Å². The van der Waals surface area contributed by atoms with Gasteiger partial charge in [0.1, 0.15) is 0 Å². The summed E-state index contributed by atoms with van der Waals surface area (Å²) in [6, 6.07) is 0.353. The molecule has 1 aliphatic heterocycles. The summed E-state index contributed by atoms with van der Waals surface area (Å²) in [6.45, 7) is 2.02. The Kier molecular flexibility index (Phi) is 3.59. The number of nitrogens with zero attached hydrogens (tertiary/aromatic N) is 1. The molecule has 0 spiro atoms. The molecule has 11 heavy (non-hydrogen) atoms. The third kappa shape index (κ3) is 3.03. The van der Waals surface area contributed by atoms with Crippen molar-refractivity contribution in [2.24, 2.45) is 5.73 Å². The average molecular weight is 154 g/mol. The number of rotatable bonds is 2. The molecule has 0 aliphatic carbocycles. The van der Waals surface area contributed by atoms with E-state index in [0.717, 1.165) is 38.5 Å². The molecule has 0 radical (unpaired) electrons. The number of hydrogen-bond donors (Lipinski definition) is 1. The smallest absolute Gasteiger partial charge is 0.281 e. The van der Waals surface area contributed by atoms with E-state index in [1.165, 1.54) is 0 Å². The second-order valence-corrected chi connectivity index (χ2v) is 3.16. The van der Waals surface area contributed by atoms with Gasteiger partial charge in [-0.1, -0.05) is 0 Å². The van der Waals surface area contributed by atoms with Crippen molar-refractivity contribution >= 4 is 13.6 Å². The van der Waals surface area contributed by atoms with E-state index in [2.05, 4.69) is 4.81 Å². The number of hydrogen-bond acceptors (Lipinski definition) is 3. The molecule has 3 nitrogen and oxygen atoms in total. The van der Waals surface area contributed by atoms with Gasteiger partial charge in [-0.3, -0.25) is 0 Å². The van der Waals surface area contributed by atoms with Crippen molar-refractivity contribution in [3.05, 3.63) is 0 Å². The van der Waals surface area contributed by atoms with Gasteiger partial charge in [0.2, 0.25) is 0 Å². The van der Waals surface area contributed by atoms with E-state index in [9.17, 15) is 4.79 Å². The van der Waals surface area contributed by atoms with Crippen molar-refractivity contribution in [1.82, 2.24) is 4.81 Å². The molecule has 1 saturated heterocycles. The summed E-state index contributed by atoms with van der Waals surface area (Å²) in [6.07, 6.45) is 4.25. The zero-order chi connectivity index (χ0) is 8.10. The third-order valence-corrected chi connectivity index (χ3v) is 2.20. The van der Waals surface area contributed by atoms with Crippen LogP contribution in [0.3, 0.4) is 0 Å². The fourth-order valence-electron chi connectivity index (χ4n) is 1.47. The van der Waals surface area contributed by atoms with Gasteiger partial charge < -0.3 is 15.3 Å². The minimum atomic E-state index is 0.353. The van der Waals surface area contributed by atoms with Crippen LogP contribution in [0.5, 0.6) is 0 Å². The Morgan fingerprint density at radius 3 is 3.00 bits per heavy atom. The molecular formula is C7H15BN2O. The van der Waals surface area contributed by atoms with Gasteiger partial charge in [0, 0.05) is 6.04 Å². The van der Waals surface area contributed by atoms with Gasteiger partial charge in [0.25, 0.3) is 7.41 Å². The van der Waals surface area contributed by atoms with Gasteiger partial charge in [-0.2, -0.15) is 0 Å². The zero-order valence-electron chi connectivity index (χ0n) is 6.83. The molecule has 1 unspecified atom stereocenters. The van der Waals surface area contributed by atoms with Crippen molar-refractivity contribution in [2.45, 2.75) is 25.3 Å².